The number of anilines is 1. The number of fused-ring (bicyclic) bond motifs is 1. The fraction of sp³-hybridized carbons (Fsp3) is 0.542. The van der Waals surface area contributed by atoms with E-state index in [1.807, 2.05) is 26.8 Å². The zero-order valence-corrected chi connectivity index (χ0v) is 21.0. The Morgan fingerprint density at radius 1 is 1.24 bits per heavy atom. The van der Waals surface area contributed by atoms with Gasteiger partial charge < -0.3 is 19.5 Å². The molecule has 1 N–H and O–H groups in total. The van der Waals surface area contributed by atoms with E-state index in [1.54, 1.807) is 23.1 Å². The lowest BCUT2D eigenvalue weighted by Crippen LogP contribution is -2.47. The first-order valence-electron chi connectivity index (χ1n) is 10.9. The van der Waals surface area contributed by atoms with Gasteiger partial charge in [-0.2, -0.15) is 0 Å². The number of amides is 2. The summed E-state index contributed by atoms with van der Waals surface area (Å²) >= 11 is 3.35. The lowest BCUT2D eigenvalue weighted by atomic mass is 10.00. The van der Waals surface area contributed by atoms with E-state index < -0.39 is 17.7 Å². The van der Waals surface area contributed by atoms with Crippen molar-refractivity contribution in [2.75, 3.05) is 25.1 Å². The number of rotatable bonds is 10. The van der Waals surface area contributed by atoms with E-state index in [9.17, 15) is 9.59 Å². The standard InChI is InChI=1S/C24H32BrN3O5/c1-6-10-31-14-16-8-9-19(25)26-20(16)27-21(29)17-12-24(15-32-11-7-2)13-18(24)28(17)22(30)33-23(3,4)5/h6-9,17-18H,1-2,10-15H2,3-5H3,(H,26,27,29)/t17-,18+,24-/m0/s1. The number of likely N-dealkylation sites (tertiary alicyclic amines) is 1. The molecule has 8 nitrogen and oxygen atoms in total. The fourth-order valence-electron chi connectivity index (χ4n) is 4.13. The minimum atomic E-state index is -0.686. The third-order valence-corrected chi connectivity index (χ3v) is 6.07. The van der Waals surface area contributed by atoms with Crippen molar-refractivity contribution < 1.29 is 23.8 Å². The maximum absolute atomic E-state index is 13.4. The SMILES string of the molecule is C=CCOCc1ccc(Br)nc1NC(=O)[C@@H]1C[C@@]2(COCC=C)C[C@H]2N1C(=O)OC(C)(C)C. The van der Waals surface area contributed by atoms with Crippen LogP contribution in [0.2, 0.25) is 0 Å². The van der Waals surface area contributed by atoms with Crippen molar-refractivity contribution in [3.05, 3.63) is 47.6 Å². The maximum Gasteiger partial charge on any atom is 0.411 e. The Morgan fingerprint density at radius 3 is 2.61 bits per heavy atom. The molecule has 2 heterocycles. The average molecular weight is 522 g/mol. The summed E-state index contributed by atoms with van der Waals surface area (Å²) in [6.07, 6.45) is 4.13. The van der Waals surface area contributed by atoms with E-state index in [-0.39, 0.29) is 24.0 Å². The number of halogens is 1. The molecule has 3 atom stereocenters. The molecule has 0 bridgehead atoms. The van der Waals surface area contributed by atoms with Crippen molar-refractivity contribution in [2.24, 2.45) is 5.41 Å². The second-order valence-corrected chi connectivity index (χ2v) is 10.2. The third kappa shape index (κ3) is 6.22. The van der Waals surface area contributed by atoms with E-state index in [0.717, 1.165) is 12.0 Å². The minimum Gasteiger partial charge on any atom is -0.444 e. The van der Waals surface area contributed by atoms with Crippen LogP contribution in [-0.4, -0.2) is 59.4 Å². The lowest BCUT2D eigenvalue weighted by Gasteiger charge is -2.29. The molecule has 1 aliphatic carbocycles. The number of nitrogens with one attached hydrogen (secondary N) is 1. The first kappa shape index (κ1) is 25.4. The van der Waals surface area contributed by atoms with Gasteiger partial charge in [0.05, 0.1) is 26.4 Å². The van der Waals surface area contributed by atoms with Crippen LogP contribution in [0.5, 0.6) is 0 Å². The zero-order chi connectivity index (χ0) is 24.2. The summed E-state index contributed by atoms with van der Waals surface area (Å²) in [5.41, 5.74) is -0.189. The van der Waals surface area contributed by atoms with Crippen LogP contribution in [0.3, 0.4) is 0 Å². The molecule has 3 rings (SSSR count). The normalized spacial score (nSPS) is 23.6. The predicted octanol–water partition coefficient (Wildman–Crippen LogP) is 4.46. The number of nitrogens with zero attached hydrogens (tertiary/aromatic N) is 2. The van der Waals surface area contributed by atoms with Gasteiger partial charge in [0, 0.05) is 17.0 Å². The van der Waals surface area contributed by atoms with E-state index in [1.165, 1.54) is 0 Å². The van der Waals surface area contributed by atoms with Gasteiger partial charge in [0.25, 0.3) is 0 Å². The number of carbonyl (C=O) groups excluding carboxylic acids is 2. The molecule has 9 heteroatoms. The average Bonchev–Trinajstić information content (AvgIpc) is 3.32. The summed E-state index contributed by atoms with van der Waals surface area (Å²) in [4.78, 5) is 32.4. The van der Waals surface area contributed by atoms with E-state index in [4.69, 9.17) is 14.2 Å². The molecule has 1 aliphatic heterocycles. The highest BCUT2D eigenvalue weighted by Gasteiger charge is 2.68. The zero-order valence-electron chi connectivity index (χ0n) is 19.4. The molecule has 0 spiro atoms. The van der Waals surface area contributed by atoms with Crippen molar-refractivity contribution in [2.45, 2.75) is 57.9 Å². The molecular formula is C24H32BrN3O5. The first-order valence-corrected chi connectivity index (χ1v) is 11.7. The van der Waals surface area contributed by atoms with Crippen LogP contribution in [0.1, 0.15) is 39.2 Å². The van der Waals surface area contributed by atoms with Crippen LogP contribution >= 0.6 is 15.9 Å². The molecule has 1 aromatic heterocycles. The number of hydrogen-bond acceptors (Lipinski definition) is 6. The fourth-order valence-corrected chi connectivity index (χ4v) is 4.44. The van der Waals surface area contributed by atoms with Gasteiger partial charge in [0.2, 0.25) is 5.91 Å². The second kappa shape index (κ2) is 10.4. The van der Waals surface area contributed by atoms with Gasteiger partial charge in [0.1, 0.15) is 22.1 Å². The monoisotopic (exact) mass is 521 g/mol. The molecule has 0 aromatic carbocycles. The topological polar surface area (TPSA) is 90.0 Å². The van der Waals surface area contributed by atoms with Crippen molar-refractivity contribution in [3.8, 4) is 0 Å². The van der Waals surface area contributed by atoms with Crippen molar-refractivity contribution in [3.63, 3.8) is 0 Å². The largest absolute Gasteiger partial charge is 0.444 e. The highest BCUT2D eigenvalue weighted by molar-refractivity contribution is 9.10. The van der Waals surface area contributed by atoms with E-state index >= 15 is 0 Å². The first-order chi connectivity index (χ1) is 15.6. The highest BCUT2D eigenvalue weighted by Crippen LogP contribution is 2.60. The molecule has 1 aromatic rings. The van der Waals surface area contributed by atoms with Crippen molar-refractivity contribution in [1.82, 2.24) is 9.88 Å². The Kier molecular flexibility index (Phi) is 7.97. The van der Waals surface area contributed by atoms with Gasteiger partial charge >= 0.3 is 6.09 Å². The van der Waals surface area contributed by atoms with Gasteiger partial charge in [-0.1, -0.05) is 18.2 Å². The molecule has 1 saturated carbocycles. The van der Waals surface area contributed by atoms with Crippen LogP contribution < -0.4 is 5.32 Å². The molecule has 0 unspecified atom stereocenters. The van der Waals surface area contributed by atoms with Gasteiger partial charge in [-0.25, -0.2) is 9.78 Å². The molecule has 33 heavy (non-hydrogen) atoms. The van der Waals surface area contributed by atoms with Crippen LogP contribution in [0.15, 0.2) is 42.0 Å². The Morgan fingerprint density at radius 2 is 1.94 bits per heavy atom. The van der Waals surface area contributed by atoms with Crippen molar-refractivity contribution in [1.29, 1.82) is 0 Å². The number of ether oxygens (including phenoxy) is 3. The highest BCUT2D eigenvalue weighted by atomic mass is 79.9. The smallest absolute Gasteiger partial charge is 0.411 e. The second-order valence-electron chi connectivity index (χ2n) is 9.43. The van der Waals surface area contributed by atoms with Crippen LogP contribution in [-0.2, 0) is 25.6 Å². The summed E-state index contributed by atoms with van der Waals surface area (Å²) in [5.74, 6) is 0.0758. The van der Waals surface area contributed by atoms with Crippen LogP contribution in [0.25, 0.3) is 0 Å². The number of pyridine rings is 1. The Balaban J connectivity index is 1.79. The van der Waals surface area contributed by atoms with Gasteiger partial charge in [0.15, 0.2) is 0 Å². The van der Waals surface area contributed by atoms with Gasteiger partial charge in [-0.05, 0) is 55.6 Å². The summed E-state index contributed by atoms with van der Waals surface area (Å²) < 4.78 is 17.4. The Hall–Kier alpha value is -2.23. The summed E-state index contributed by atoms with van der Waals surface area (Å²) in [6, 6.07) is 2.83. The van der Waals surface area contributed by atoms with E-state index in [2.05, 4.69) is 39.4 Å². The minimum absolute atomic E-state index is 0.0984. The Labute approximate surface area is 203 Å². The van der Waals surface area contributed by atoms with Gasteiger partial charge in [-0.3, -0.25) is 9.69 Å². The molecule has 0 radical (unpaired) electrons. The molecule has 1 saturated heterocycles. The summed E-state index contributed by atoms with van der Waals surface area (Å²) in [5, 5.41) is 2.90. The van der Waals surface area contributed by atoms with Crippen molar-refractivity contribution >= 4 is 33.7 Å². The van der Waals surface area contributed by atoms with Crippen LogP contribution in [0.4, 0.5) is 10.6 Å². The Bertz CT molecular complexity index is 916. The predicted molar refractivity (Wildman–Crippen MR) is 129 cm³/mol. The molecule has 2 aliphatic rings. The number of carbonyl (C=O) groups is 2. The molecule has 2 amide bonds. The third-order valence-electron chi connectivity index (χ3n) is 5.63. The summed E-state index contributed by atoms with van der Waals surface area (Å²) in [6.45, 7) is 14.3. The van der Waals surface area contributed by atoms with Crippen LogP contribution in [0, 0.1) is 5.41 Å². The van der Waals surface area contributed by atoms with Gasteiger partial charge in [-0.15, -0.1) is 13.2 Å². The molecule has 180 valence electrons. The quantitative estimate of drug-likeness (QED) is 0.277. The molecular weight excluding hydrogens is 490 g/mol. The van der Waals surface area contributed by atoms with E-state index in [0.29, 0.717) is 36.7 Å². The number of hydrogen-bond donors (Lipinski definition) is 1. The lowest BCUT2D eigenvalue weighted by molar-refractivity contribution is -0.121. The number of piperidine rings is 1. The maximum atomic E-state index is 13.4. The summed E-state index contributed by atoms with van der Waals surface area (Å²) in [7, 11) is 0. The molecule has 2 fully saturated rings. The number of aromatic nitrogens is 1.